The quantitative estimate of drug-likeness (QED) is 0.876. The van der Waals surface area contributed by atoms with E-state index in [9.17, 15) is 9.59 Å². The van der Waals surface area contributed by atoms with E-state index in [-0.39, 0.29) is 30.1 Å². The van der Waals surface area contributed by atoms with E-state index in [4.69, 9.17) is 17.3 Å². The highest BCUT2D eigenvalue weighted by molar-refractivity contribution is 6.30. The summed E-state index contributed by atoms with van der Waals surface area (Å²) in [4.78, 5) is 28.1. The molecule has 2 amide bonds. The van der Waals surface area contributed by atoms with E-state index in [0.29, 0.717) is 37.6 Å². The van der Waals surface area contributed by atoms with Crippen molar-refractivity contribution in [3.8, 4) is 0 Å². The van der Waals surface area contributed by atoms with Crippen LogP contribution in [0.1, 0.15) is 19.4 Å². The van der Waals surface area contributed by atoms with E-state index in [1.165, 1.54) is 0 Å². The molecule has 1 aliphatic rings. The number of benzene rings is 1. The van der Waals surface area contributed by atoms with Gasteiger partial charge in [-0.05, 0) is 23.6 Å². The molecule has 1 heterocycles. The summed E-state index contributed by atoms with van der Waals surface area (Å²) in [6, 6.07) is 6.86. The van der Waals surface area contributed by atoms with Crippen LogP contribution in [0.15, 0.2) is 24.3 Å². The number of hydrogen-bond donors (Lipinski definition) is 1. The maximum atomic E-state index is 12.4. The van der Waals surface area contributed by atoms with Crippen LogP contribution in [0.2, 0.25) is 5.02 Å². The lowest BCUT2D eigenvalue weighted by molar-refractivity contribution is -0.140. The van der Waals surface area contributed by atoms with E-state index in [0.717, 1.165) is 5.56 Å². The van der Waals surface area contributed by atoms with Crippen molar-refractivity contribution in [2.45, 2.75) is 26.3 Å². The molecule has 1 aromatic rings. The second-order valence-electron chi connectivity index (χ2n) is 6.28. The van der Waals surface area contributed by atoms with Crippen LogP contribution >= 0.6 is 24.0 Å². The van der Waals surface area contributed by atoms with Crippen molar-refractivity contribution in [1.29, 1.82) is 0 Å². The third kappa shape index (κ3) is 5.36. The average molecular weight is 374 g/mol. The highest BCUT2D eigenvalue weighted by Gasteiger charge is 2.28. The molecule has 1 aromatic carbocycles. The number of nitrogens with zero attached hydrogens (tertiary/aromatic N) is 2. The van der Waals surface area contributed by atoms with Crippen LogP contribution in [0.25, 0.3) is 0 Å². The fourth-order valence-electron chi connectivity index (χ4n) is 2.61. The summed E-state index contributed by atoms with van der Waals surface area (Å²) in [5.41, 5.74) is 6.82. The summed E-state index contributed by atoms with van der Waals surface area (Å²) in [5.74, 6) is 0.152. The SMILES string of the molecule is CC(C)C(N)C(=O)N1CCN(C(=O)Cc2cccc(Cl)c2)CC1.Cl. The van der Waals surface area contributed by atoms with E-state index < -0.39 is 6.04 Å². The van der Waals surface area contributed by atoms with Crippen LogP contribution < -0.4 is 5.73 Å². The number of rotatable bonds is 4. The predicted molar refractivity (Wildman–Crippen MR) is 98.4 cm³/mol. The van der Waals surface area contributed by atoms with E-state index in [1.807, 2.05) is 26.0 Å². The van der Waals surface area contributed by atoms with Gasteiger partial charge in [0, 0.05) is 31.2 Å². The van der Waals surface area contributed by atoms with Gasteiger partial charge in [-0.15, -0.1) is 12.4 Å². The Morgan fingerprint density at radius 1 is 1.17 bits per heavy atom. The number of halogens is 2. The molecule has 0 saturated carbocycles. The normalized spacial score (nSPS) is 15.9. The molecular weight excluding hydrogens is 349 g/mol. The minimum atomic E-state index is -0.469. The molecule has 134 valence electrons. The van der Waals surface area contributed by atoms with Crippen LogP contribution in [0.3, 0.4) is 0 Å². The van der Waals surface area contributed by atoms with Gasteiger partial charge >= 0.3 is 0 Å². The van der Waals surface area contributed by atoms with Gasteiger partial charge in [0.25, 0.3) is 0 Å². The third-order valence-electron chi connectivity index (χ3n) is 4.19. The van der Waals surface area contributed by atoms with Gasteiger partial charge in [-0.3, -0.25) is 9.59 Å². The molecule has 0 spiro atoms. The first kappa shape index (κ1) is 20.7. The van der Waals surface area contributed by atoms with Crippen LogP contribution in [-0.2, 0) is 16.0 Å². The van der Waals surface area contributed by atoms with Gasteiger partial charge in [0.1, 0.15) is 0 Å². The standard InChI is InChI=1S/C17H24ClN3O2.ClH/c1-12(2)16(19)17(23)21-8-6-20(7-9-21)15(22)11-13-4-3-5-14(18)10-13;/h3-5,10,12,16H,6-9,11,19H2,1-2H3;1H. The van der Waals surface area contributed by atoms with E-state index in [1.54, 1.807) is 21.9 Å². The molecule has 0 bridgehead atoms. The highest BCUT2D eigenvalue weighted by Crippen LogP contribution is 2.13. The van der Waals surface area contributed by atoms with Crippen LogP contribution in [0.5, 0.6) is 0 Å². The van der Waals surface area contributed by atoms with Gasteiger partial charge in [-0.1, -0.05) is 37.6 Å². The van der Waals surface area contributed by atoms with Crippen molar-refractivity contribution >= 4 is 35.8 Å². The first-order valence-corrected chi connectivity index (χ1v) is 8.33. The molecule has 24 heavy (non-hydrogen) atoms. The van der Waals surface area contributed by atoms with Crippen molar-refractivity contribution in [3.05, 3.63) is 34.9 Å². The fraction of sp³-hybridized carbons (Fsp3) is 0.529. The Hall–Kier alpha value is -1.30. The Morgan fingerprint density at radius 3 is 2.29 bits per heavy atom. The first-order chi connectivity index (χ1) is 10.9. The third-order valence-corrected chi connectivity index (χ3v) is 4.43. The van der Waals surface area contributed by atoms with Gasteiger partial charge in [-0.25, -0.2) is 0 Å². The molecule has 2 N–H and O–H groups in total. The number of carbonyl (C=O) groups is 2. The van der Waals surface area contributed by atoms with Gasteiger partial charge < -0.3 is 15.5 Å². The number of hydrogen-bond acceptors (Lipinski definition) is 3. The summed E-state index contributed by atoms with van der Waals surface area (Å²) in [6.45, 7) is 6.06. The predicted octanol–water partition coefficient (Wildman–Crippen LogP) is 1.96. The molecule has 0 aromatic heterocycles. The molecule has 2 rings (SSSR count). The smallest absolute Gasteiger partial charge is 0.239 e. The molecule has 1 atom stereocenters. The van der Waals surface area contributed by atoms with E-state index >= 15 is 0 Å². The lowest BCUT2D eigenvalue weighted by Crippen LogP contribution is -2.55. The molecule has 1 fully saturated rings. The van der Waals surface area contributed by atoms with Crippen LogP contribution in [0.4, 0.5) is 0 Å². The summed E-state index contributed by atoms with van der Waals surface area (Å²) in [7, 11) is 0. The van der Waals surface area contributed by atoms with E-state index in [2.05, 4.69) is 0 Å². The second-order valence-corrected chi connectivity index (χ2v) is 6.72. The first-order valence-electron chi connectivity index (χ1n) is 7.95. The second kappa shape index (κ2) is 9.25. The summed E-state index contributed by atoms with van der Waals surface area (Å²) < 4.78 is 0. The van der Waals surface area contributed by atoms with Crippen molar-refractivity contribution in [2.75, 3.05) is 26.2 Å². The van der Waals surface area contributed by atoms with Crippen molar-refractivity contribution < 1.29 is 9.59 Å². The molecular formula is C17H25Cl2N3O2. The number of piperazine rings is 1. The minimum absolute atomic E-state index is 0. The largest absolute Gasteiger partial charge is 0.339 e. The number of amides is 2. The van der Waals surface area contributed by atoms with Crippen LogP contribution in [0, 0.1) is 5.92 Å². The van der Waals surface area contributed by atoms with Crippen molar-refractivity contribution in [1.82, 2.24) is 9.80 Å². The highest BCUT2D eigenvalue weighted by atomic mass is 35.5. The molecule has 1 aliphatic heterocycles. The van der Waals surface area contributed by atoms with Gasteiger partial charge in [0.05, 0.1) is 12.5 Å². The van der Waals surface area contributed by atoms with Gasteiger partial charge in [0.15, 0.2) is 0 Å². The average Bonchev–Trinajstić information content (AvgIpc) is 2.53. The zero-order valence-corrected chi connectivity index (χ0v) is 15.6. The molecule has 7 heteroatoms. The molecule has 5 nitrogen and oxygen atoms in total. The molecule has 0 radical (unpaired) electrons. The zero-order valence-electron chi connectivity index (χ0n) is 14.1. The lowest BCUT2D eigenvalue weighted by atomic mass is 10.0. The van der Waals surface area contributed by atoms with Crippen molar-refractivity contribution in [3.63, 3.8) is 0 Å². The maximum Gasteiger partial charge on any atom is 0.239 e. The topological polar surface area (TPSA) is 66.6 Å². The Bertz CT molecular complexity index is 573. The maximum absolute atomic E-state index is 12.4. The minimum Gasteiger partial charge on any atom is -0.339 e. The number of carbonyl (C=O) groups excluding carboxylic acids is 2. The van der Waals surface area contributed by atoms with Crippen LogP contribution in [-0.4, -0.2) is 53.8 Å². The summed E-state index contributed by atoms with van der Waals surface area (Å²) >= 11 is 5.94. The Balaban J connectivity index is 0.00000288. The zero-order chi connectivity index (χ0) is 17.0. The fourth-order valence-corrected chi connectivity index (χ4v) is 2.82. The molecule has 1 unspecified atom stereocenters. The Labute approximate surface area is 154 Å². The van der Waals surface area contributed by atoms with Gasteiger partial charge in [-0.2, -0.15) is 0 Å². The van der Waals surface area contributed by atoms with Gasteiger partial charge in [0.2, 0.25) is 11.8 Å². The number of nitrogens with two attached hydrogens (primary N) is 1. The summed E-state index contributed by atoms with van der Waals surface area (Å²) in [6.07, 6.45) is 0.333. The monoisotopic (exact) mass is 373 g/mol. The lowest BCUT2D eigenvalue weighted by Gasteiger charge is -2.36. The van der Waals surface area contributed by atoms with Crippen molar-refractivity contribution in [2.24, 2.45) is 11.7 Å². The summed E-state index contributed by atoms with van der Waals surface area (Å²) in [5, 5.41) is 0.633. The molecule has 1 saturated heterocycles. The Morgan fingerprint density at radius 2 is 1.75 bits per heavy atom. The molecule has 0 aliphatic carbocycles. The Kier molecular flexibility index (Phi) is 8.00.